The zero-order valence-electron chi connectivity index (χ0n) is 19.0. The van der Waals surface area contributed by atoms with Crippen LogP contribution in [0.25, 0.3) is 0 Å². The number of fused-ring (bicyclic) bond motifs is 1. The van der Waals surface area contributed by atoms with Crippen molar-refractivity contribution >= 4 is 17.8 Å². The first-order chi connectivity index (χ1) is 14.6. The molecule has 0 unspecified atom stereocenters. The first-order valence-electron chi connectivity index (χ1n) is 10.6. The fourth-order valence-corrected chi connectivity index (χ4v) is 3.39. The summed E-state index contributed by atoms with van der Waals surface area (Å²) in [4.78, 5) is 26.6. The summed E-state index contributed by atoms with van der Waals surface area (Å²) in [5.74, 6) is 1.33. The molecule has 0 aliphatic carbocycles. The summed E-state index contributed by atoms with van der Waals surface area (Å²) in [5, 5.41) is 7.47. The van der Waals surface area contributed by atoms with Crippen LogP contribution in [0.2, 0.25) is 0 Å². The number of nitrogens with zero attached hydrogens (tertiary/aromatic N) is 3. The highest BCUT2D eigenvalue weighted by atomic mass is 16.6. The lowest BCUT2D eigenvalue weighted by Crippen LogP contribution is -2.40. The number of anilines is 1. The van der Waals surface area contributed by atoms with E-state index in [2.05, 4.69) is 10.4 Å². The van der Waals surface area contributed by atoms with Gasteiger partial charge in [-0.3, -0.25) is 9.48 Å². The molecule has 0 saturated carbocycles. The Morgan fingerprint density at radius 3 is 2.58 bits per heavy atom. The van der Waals surface area contributed by atoms with E-state index in [-0.39, 0.29) is 12.0 Å². The van der Waals surface area contributed by atoms with Gasteiger partial charge in [0.1, 0.15) is 17.2 Å². The third-order valence-corrected chi connectivity index (χ3v) is 4.94. The average molecular weight is 429 g/mol. The van der Waals surface area contributed by atoms with Crippen LogP contribution < -0.4 is 10.1 Å². The van der Waals surface area contributed by atoms with Gasteiger partial charge in [-0.1, -0.05) is 17.7 Å². The van der Waals surface area contributed by atoms with Crippen molar-refractivity contribution in [2.75, 3.05) is 18.5 Å². The van der Waals surface area contributed by atoms with Gasteiger partial charge in [0.25, 0.3) is 0 Å². The van der Waals surface area contributed by atoms with Crippen molar-refractivity contribution in [3.05, 3.63) is 41.1 Å². The number of hydrogen-bond donors (Lipinski definition) is 1. The standard InChI is InChI=1S/C23H32N4O4/c1-16-8-10-17(11-9-16)30-14-6-7-20(28)24-21-18-15-27(22(29)31-23(2,3)4)13-12-19(18)25-26(21)5/h8-11H,6-7,12-15H2,1-5H3,(H,24,28). The Hall–Kier alpha value is -3.03. The lowest BCUT2D eigenvalue weighted by Gasteiger charge is -2.29. The molecule has 2 amide bonds. The molecule has 1 aromatic carbocycles. The summed E-state index contributed by atoms with van der Waals surface area (Å²) in [7, 11) is 1.80. The number of carbonyl (C=O) groups is 2. The summed E-state index contributed by atoms with van der Waals surface area (Å²) >= 11 is 0. The van der Waals surface area contributed by atoms with Crippen LogP contribution in [-0.2, 0) is 29.5 Å². The molecule has 0 radical (unpaired) electrons. The lowest BCUT2D eigenvalue weighted by atomic mass is 10.1. The molecular formula is C23H32N4O4. The lowest BCUT2D eigenvalue weighted by molar-refractivity contribution is -0.116. The monoisotopic (exact) mass is 428 g/mol. The molecule has 0 saturated heterocycles. The molecule has 8 heteroatoms. The van der Waals surface area contributed by atoms with E-state index in [4.69, 9.17) is 9.47 Å². The van der Waals surface area contributed by atoms with Crippen molar-refractivity contribution in [2.24, 2.45) is 7.05 Å². The van der Waals surface area contributed by atoms with Gasteiger partial charge in [0.2, 0.25) is 5.91 Å². The molecule has 0 fully saturated rings. The van der Waals surface area contributed by atoms with Gasteiger partial charge in [-0.05, 0) is 46.2 Å². The normalized spacial score (nSPS) is 13.5. The van der Waals surface area contributed by atoms with Crippen molar-refractivity contribution in [3.63, 3.8) is 0 Å². The van der Waals surface area contributed by atoms with Gasteiger partial charge in [-0.2, -0.15) is 5.10 Å². The van der Waals surface area contributed by atoms with Gasteiger partial charge in [-0.25, -0.2) is 4.79 Å². The maximum atomic E-state index is 12.5. The van der Waals surface area contributed by atoms with Crippen molar-refractivity contribution in [3.8, 4) is 5.75 Å². The Labute approximate surface area is 183 Å². The molecule has 2 aromatic rings. The largest absolute Gasteiger partial charge is 0.494 e. The predicted molar refractivity (Wildman–Crippen MR) is 118 cm³/mol. The first-order valence-corrected chi connectivity index (χ1v) is 10.6. The highest BCUT2D eigenvalue weighted by Crippen LogP contribution is 2.27. The molecule has 1 N–H and O–H groups in total. The second-order valence-electron chi connectivity index (χ2n) is 8.86. The number of amides is 2. The number of ether oxygens (including phenoxy) is 2. The van der Waals surface area contributed by atoms with Gasteiger partial charge < -0.3 is 19.7 Å². The number of benzene rings is 1. The summed E-state index contributed by atoms with van der Waals surface area (Å²) in [5.41, 5.74) is 2.39. The molecule has 0 spiro atoms. The van der Waals surface area contributed by atoms with Gasteiger partial charge in [-0.15, -0.1) is 0 Å². The highest BCUT2D eigenvalue weighted by molar-refractivity contribution is 5.90. The third kappa shape index (κ3) is 6.23. The smallest absolute Gasteiger partial charge is 0.410 e. The van der Waals surface area contributed by atoms with Crippen molar-refractivity contribution < 1.29 is 19.1 Å². The Kier molecular flexibility index (Phi) is 6.87. The summed E-state index contributed by atoms with van der Waals surface area (Å²) in [6.45, 7) is 8.94. The number of aryl methyl sites for hydroxylation is 2. The van der Waals surface area contributed by atoms with E-state index in [0.29, 0.717) is 44.8 Å². The van der Waals surface area contributed by atoms with E-state index in [1.165, 1.54) is 5.56 Å². The quantitative estimate of drug-likeness (QED) is 0.707. The molecule has 168 valence electrons. The Morgan fingerprint density at radius 1 is 1.19 bits per heavy atom. The van der Waals surface area contributed by atoms with Crippen LogP contribution >= 0.6 is 0 Å². The van der Waals surface area contributed by atoms with Crippen LogP contribution in [0.4, 0.5) is 10.6 Å². The highest BCUT2D eigenvalue weighted by Gasteiger charge is 2.30. The number of hydrogen-bond acceptors (Lipinski definition) is 5. The molecular weight excluding hydrogens is 396 g/mol. The van der Waals surface area contributed by atoms with E-state index in [1.807, 2.05) is 52.0 Å². The number of aromatic nitrogens is 2. The van der Waals surface area contributed by atoms with Crippen molar-refractivity contribution in [1.29, 1.82) is 0 Å². The van der Waals surface area contributed by atoms with E-state index in [1.54, 1.807) is 16.6 Å². The second-order valence-corrected chi connectivity index (χ2v) is 8.86. The Balaban J connectivity index is 1.54. The Bertz CT molecular complexity index is 928. The summed E-state index contributed by atoms with van der Waals surface area (Å²) < 4.78 is 12.8. The van der Waals surface area contributed by atoms with E-state index < -0.39 is 5.60 Å². The van der Waals surface area contributed by atoms with Gasteiger partial charge >= 0.3 is 6.09 Å². The molecule has 3 rings (SSSR count). The zero-order chi connectivity index (χ0) is 22.6. The van der Waals surface area contributed by atoms with E-state index in [0.717, 1.165) is 17.0 Å². The van der Waals surface area contributed by atoms with E-state index in [9.17, 15) is 9.59 Å². The maximum absolute atomic E-state index is 12.5. The SMILES string of the molecule is Cc1ccc(OCCCC(=O)Nc2c3c(nn2C)CCN(C(=O)OC(C)(C)C)C3)cc1. The molecule has 1 aliphatic heterocycles. The molecule has 2 heterocycles. The predicted octanol–water partition coefficient (Wildman–Crippen LogP) is 3.82. The van der Waals surface area contributed by atoms with Gasteiger partial charge in [0.15, 0.2) is 0 Å². The first kappa shape index (κ1) is 22.7. The molecule has 0 bridgehead atoms. The minimum atomic E-state index is -0.552. The molecule has 1 aliphatic rings. The summed E-state index contributed by atoms with van der Waals surface area (Å²) in [6, 6.07) is 7.84. The molecule has 0 atom stereocenters. The fraction of sp³-hybridized carbons (Fsp3) is 0.522. The van der Waals surface area contributed by atoms with Gasteiger partial charge in [0, 0.05) is 32.0 Å². The van der Waals surface area contributed by atoms with E-state index >= 15 is 0 Å². The van der Waals surface area contributed by atoms with Crippen LogP contribution in [0, 0.1) is 6.92 Å². The Morgan fingerprint density at radius 2 is 1.90 bits per heavy atom. The molecule has 8 nitrogen and oxygen atoms in total. The molecule has 1 aromatic heterocycles. The number of nitrogens with one attached hydrogen (secondary N) is 1. The van der Waals surface area contributed by atoms with Crippen molar-refractivity contribution in [2.45, 2.75) is 59.1 Å². The minimum Gasteiger partial charge on any atom is -0.494 e. The topological polar surface area (TPSA) is 85.7 Å². The second kappa shape index (κ2) is 9.41. The van der Waals surface area contributed by atoms with Crippen LogP contribution in [0.5, 0.6) is 5.75 Å². The number of rotatable bonds is 6. The fourth-order valence-electron chi connectivity index (χ4n) is 3.39. The van der Waals surface area contributed by atoms with Crippen LogP contribution in [0.15, 0.2) is 24.3 Å². The number of carbonyl (C=O) groups excluding carboxylic acids is 2. The average Bonchev–Trinajstić information content (AvgIpc) is 3.00. The zero-order valence-corrected chi connectivity index (χ0v) is 19.0. The van der Waals surface area contributed by atoms with Crippen molar-refractivity contribution in [1.82, 2.24) is 14.7 Å². The maximum Gasteiger partial charge on any atom is 0.410 e. The van der Waals surface area contributed by atoms with Gasteiger partial charge in [0.05, 0.1) is 18.8 Å². The minimum absolute atomic E-state index is 0.104. The molecule has 31 heavy (non-hydrogen) atoms. The van der Waals surface area contributed by atoms with Crippen LogP contribution in [0.1, 0.15) is 50.4 Å². The van der Waals surface area contributed by atoms with Crippen LogP contribution in [0.3, 0.4) is 0 Å². The summed E-state index contributed by atoms with van der Waals surface area (Å²) in [6.07, 6.45) is 1.21. The van der Waals surface area contributed by atoms with Crippen LogP contribution in [-0.4, -0.2) is 45.4 Å². The third-order valence-electron chi connectivity index (χ3n) is 4.94.